The summed E-state index contributed by atoms with van der Waals surface area (Å²) in [6.45, 7) is 3.78. The number of amides is 3. The molecule has 1 fully saturated rings. The van der Waals surface area contributed by atoms with E-state index in [9.17, 15) is 18.8 Å². The molecule has 37 heavy (non-hydrogen) atoms. The molecular formula is C27H30FN5O3S. The number of hydrogen-bond acceptors (Lipinski definition) is 6. The molecule has 0 bridgehead atoms. The molecule has 0 radical (unpaired) electrons. The van der Waals surface area contributed by atoms with Crippen molar-refractivity contribution in [2.24, 2.45) is 5.73 Å². The molecule has 1 aliphatic rings. The number of rotatable bonds is 7. The first-order valence-corrected chi connectivity index (χ1v) is 13.0. The number of nitrogen functional groups attached to an aromatic ring is 1. The van der Waals surface area contributed by atoms with Crippen LogP contribution in [-0.2, 0) is 4.79 Å². The lowest BCUT2D eigenvalue weighted by atomic mass is 9.94. The van der Waals surface area contributed by atoms with E-state index < -0.39 is 23.7 Å². The number of nitrogens with one attached hydrogen (secondary N) is 1. The van der Waals surface area contributed by atoms with Crippen molar-refractivity contribution < 1.29 is 18.8 Å². The minimum atomic E-state index is -1.13. The second-order valence-electron chi connectivity index (χ2n) is 9.46. The summed E-state index contributed by atoms with van der Waals surface area (Å²) < 4.78 is 17.8. The molecule has 10 heteroatoms. The number of hydrogen-bond donors (Lipinski definition) is 3. The van der Waals surface area contributed by atoms with Gasteiger partial charge in [-0.15, -0.1) is 0 Å². The molecule has 1 aliphatic carbocycles. The average molecular weight is 524 g/mol. The van der Waals surface area contributed by atoms with Gasteiger partial charge >= 0.3 is 0 Å². The van der Waals surface area contributed by atoms with E-state index in [0.29, 0.717) is 11.3 Å². The van der Waals surface area contributed by atoms with E-state index in [0.717, 1.165) is 54.8 Å². The van der Waals surface area contributed by atoms with Crippen molar-refractivity contribution in [3.8, 4) is 0 Å². The van der Waals surface area contributed by atoms with Crippen LogP contribution in [0.4, 0.5) is 15.8 Å². The molecule has 0 saturated heterocycles. The van der Waals surface area contributed by atoms with E-state index >= 15 is 0 Å². The van der Waals surface area contributed by atoms with Crippen molar-refractivity contribution in [3.05, 3.63) is 75.5 Å². The average Bonchev–Trinajstić information content (AvgIpc) is 3.24. The second-order valence-corrected chi connectivity index (χ2v) is 10.2. The largest absolute Gasteiger partial charge is 0.395 e. The molecule has 1 saturated carbocycles. The number of halogens is 1. The maximum Gasteiger partial charge on any atom is 0.273 e. The monoisotopic (exact) mass is 523 g/mol. The predicted molar refractivity (Wildman–Crippen MR) is 142 cm³/mol. The van der Waals surface area contributed by atoms with Gasteiger partial charge in [-0.05, 0) is 79.2 Å². The van der Waals surface area contributed by atoms with Gasteiger partial charge in [0.1, 0.15) is 16.7 Å². The number of anilines is 2. The number of primary amides is 1. The zero-order chi connectivity index (χ0) is 26.7. The summed E-state index contributed by atoms with van der Waals surface area (Å²) in [6, 6.07) is 9.89. The van der Waals surface area contributed by atoms with Crippen LogP contribution in [0.15, 0.2) is 42.5 Å². The highest BCUT2D eigenvalue weighted by Gasteiger charge is 2.37. The number of aryl methyl sites for hydroxylation is 2. The summed E-state index contributed by atoms with van der Waals surface area (Å²) >= 11 is 0.748. The molecule has 5 N–H and O–H groups in total. The van der Waals surface area contributed by atoms with Gasteiger partial charge in [0.25, 0.3) is 11.8 Å². The van der Waals surface area contributed by atoms with Crippen molar-refractivity contribution in [1.82, 2.24) is 9.69 Å². The first-order chi connectivity index (χ1) is 17.7. The Hall–Kier alpha value is -3.79. The summed E-state index contributed by atoms with van der Waals surface area (Å²) in [7, 11) is 0. The maximum absolute atomic E-state index is 14.1. The Balaban J connectivity index is 1.87. The first-order valence-electron chi connectivity index (χ1n) is 12.2. The lowest BCUT2D eigenvalue weighted by Crippen LogP contribution is -2.47. The van der Waals surface area contributed by atoms with Gasteiger partial charge in [0.05, 0.1) is 5.69 Å². The Kier molecular flexibility index (Phi) is 7.87. The molecule has 8 nitrogen and oxygen atoms in total. The first kappa shape index (κ1) is 26.3. The Morgan fingerprint density at radius 3 is 2.24 bits per heavy atom. The highest BCUT2D eigenvalue weighted by molar-refractivity contribution is 7.09. The minimum absolute atomic E-state index is 0.00876. The smallest absolute Gasteiger partial charge is 0.273 e. The van der Waals surface area contributed by atoms with Crippen LogP contribution in [0, 0.1) is 19.7 Å². The van der Waals surface area contributed by atoms with Gasteiger partial charge in [0.2, 0.25) is 5.91 Å². The quantitative estimate of drug-likeness (QED) is 0.422. The highest BCUT2D eigenvalue weighted by atomic mass is 32.1. The van der Waals surface area contributed by atoms with Crippen LogP contribution in [0.25, 0.3) is 0 Å². The van der Waals surface area contributed by atoms with Crippen molar-refractivity contribution in [2.45, 2.75) is 58.0 Å². The van der Waals surface area contributed by atoms with Crippen molar-refractivity contribution in [1.29, 1.82) is 0 Å². The predicted octanol–water partition coefficient (Wildman–Crippen LogP) is 4.42. The number of carbonyl (C=O) groups excluding carboxylic acids is 3. The van der Waals surface area contributed by atoms with Crippen molar-refractivity contribution in [2.75, 3.05) is 10.6 Å². The number of benzene rings is 2. The van der Waals surface area contributed by atoms with E-state index in [2.05, 4.69) is 9.69 Å². The van der Waals surface area contributed by atoms with Crippen LogP contribution in [0.1, 0.15) is 75.0 Å². The topological polar surface area (TPSA) is 131 Å². The standard InChI is InChI=1S/C27H30FN5O3S/c1-15-12-16(2)14-20(13-15)33(27(36)24-21(29)22(25(30)34)32-37-24)23(17-8-10-18(28)11-9-17)26(35)31-19-6-4-3-5-7-19/h8-14,19,23H,3-7,29H2,1-2H3,(H2,30,34)(H,31,35)/t23-/m1/s1. The number of carbonyl (C=O) groups is 3. The Labute approximate surface area is 219 Å². The van der Waals surface area contributed by atoms with E-state index in [1.54, 1.807) is 12.1 Å². The Morgan fingerprint density at radius 1 is 1.05 bits per heavy atom. The van der Waals surface area contributed by atoms with Gasteiger partial charge in [-0.2, -0.15) is 4.37 Å². The molecule has 4 rings (SSSR count). The van der Waals surface area contributed by atoms with E-state index in [-0.39, 0.29) is 28.2 Å². The second kappa shape index (κ2) is 11.1. The van der Waals surface area contributed by atoms with Crippen molar-refractivity contribution >= 4 is 40.6 Å². The van der Waals surface area contributed by atoms with E-state index in [1.165, 1.54) is 29.2 Å². The van der Waals surface area contributed by atoms with E-state index in [1.807, 2.05) is 19.9 Å². The van der Waals surface area contributed by atoms with Crippen LogP contribution in [0.3, 0.4) is 0 Å². The highest BCUT2D eigenvalue weighted by Crippen LogP contribution is 2.34. The fourth-order valence-electron chi connectivity index (χ4n) is 4.80. The molecule has 0 unspecified atom stereocenters. The maximum atomic E-state index is 14.1. The van der Waals surface area contributed by atoms with Crippen LogP contribution < -0.4 is 21.7 Å². The SMILES string of the molecule is Cc1cc(C)cc(N(C(=O)c2snc(C(N)=O)c2N)[C@@H](C(=O)NC2CCCCC2)c2ccc(F)cc2)c1. The zero-order valence-corrected chi connectivity index (χ0v) is 21.6. The van der Waals surface area contributed by atoms with Gasteiger partial charge in [-0.3, -0.25) is 19.3 Å². The third-order valence-electron chi connectivity index (χ3n) is 6.50. The lowest BCUT2D eigenvalue weighted by molar-refractivity contribution is -0.123. The molecule has 0 aliphatic heterocycles. The molecule has 1 aromatic heterocycles. The lowest BCUT2D eigenvalue weighted by Gasteiger charge is -2.33. The molecular weight excluding hydrogens is 493 g/mol. The van der Waals surface area contributed by atoms with Crippen LogP contribution in [0.5, 0.6) is 0 Å². The molecule has 3 amide bonds. The van der Waals surface area contributed by atoms with Crippen molar-refractivity contribution in [3.63, 3.8) is 0 Å². The number of nitrogens with zero attached hydrogens (tertiary/aromatic N) is 2. The number of nitrogens with two attached hydrogens (primary N) is 2. The zero-order valence-electron chi connectivity index (χ0n) is 20.8. The third kappa shape index (κ3) is 5.80. The Morgan fingerprint density at radius 2 is 1.68 bits per heavy atom. The normalized spacial score (nSPS) is 14.7. The third-order valence-corrected chi connectivity index (χ3v) is 7.35. The van der Waals surface area contributed by atoms with Gasteiger partial charge in [-0.1, -0.05) is 37.5 Å². The van der Waals surface area contributed by atoms with Crippen LogP contribution >= 0.6 is 11.5 Å². The molecule has 3 aromatic rings. The number of aromatic nitrogens is 1. The molecule has 1 heterocycles. The fourth-order valence-corrected chi connectivity index (χ4v) is 5.54. The van der Waals surface area contributed by atoms with E-state index in [4.69, 9.17) is 11.5 Å². The summed E-state index contributed by atoms with van der Waals surface area (Å²) in [5.41, 5.74) is 13.8. The summed E-state index contributed by atoms with van der Waals surface area (Å²) in [4.78, 5) is 41.1. The summed E-state index contributed by atoms with van der Waals surface area (Å²) in [5.74, 6) is -2.31. The summed E-state index contributed by atoms with van der Waals surface area (Å²) in [6.07, 6.45) is 4.85. The van der Waals surface area contributed by atoms with Gasteiger partial charge < -0.3 is 16.8 Å². The molecule has 194 valence electrons. The molecule has 0 spiro atoms. The minimum Gasteiger partial charge on any atom is -0.395 e. The Bertz CT molecular complexity index is 1300. The van der Waals surface area contributed by atoms with Crippen LogP contribution in [-0.4, -0.2) is 28.1 Å². The van der Waals surface area contributed by atoms with Gasteiger partial charge in [0.15, 0.2) is 5.69 Å². The summed E-state index contributed by atoms with van der Waals surface area (Å²) in [5, 5.41) is 3.11. The molecule has 1 atom stereocenters. The molecule has 2 aromatic carbocycles. The van der Waals surface area contributed by atoms with Gasteiger partial charge in [0, 0.05) is 11.7 Å². The van der Waals surface area contributed by atoms with Crippen LogP contribution in [0.2, 0.25) is 0 Å². The fraction of sp³-hybridized carbons (Fsp3) is 0.333. The van der Waals surface area contributed by atoms with Gasteiger partial charge in [-0.25, -0.2) is 4.39 Å².